The smallest absolute Gasteiger partial charge is 0.314 e. The highest BCUT2D eigenvalue weighted by Gasteiger charge is 2.08. The zero-order chi connectivity index (χ0) is 10.9. The Labute approximate surface area is 90.6 Å². The van der Waals surface area contributed by atoms with Gasteiger partial charge in [-0.3, -0.25) is 0 Å². The van der Waals surface area contributed by atoms with Gasteiger partial charge < -0.3 is 26.6 Å². The van der Waals surface area contributed by atoms with Crippen LogP contribution >= 0.6 is 0 Å². The summed E-state index contributed by atoms with van der Waals surface area (Å²) >= 11 is 0. The quantitative estimate of drug-likeness (QED) is 0.382. The molecule has 0 aromatic rings. The SMILES string of the molecule is NC(=O)N1CCNCCNCCNCC1. The van der Waals surface area contributed by atoms with E-state index < -0.39 is 0 Å². The van der Waals surface area contributed by atoms with E-state index >= 15 is 0 Å². The summed E-state index contributed by atoms with van der Waals surface area (Å²) in [5.41, 5.74) is 5.27. The fourth-order valence-electron chi connectivity index (χ4n) is 1.49. The summed E-state index contributed by atoms with van der Waals surface area (Å²) in [7, 11) is 0. The standard InChI is InChI=1S/C9H21N5O/c10-9(15)14-7-5-12-3-1-11-2-4-13-6-8-14/h11-13H,1-8H2,(H2,10,15). The Balaban J connectivity index is 2.28. The Bertz CT molecular complexity index is 175. The molecule has 1 saturated heterocycles. The number of amides is 2. The molecule has 0 aromatic carbocycles. The number of primary amides is 1. The highest BCUT2D eigenvalue weighted by atomic mass is 16.2. The maximum Gasteiger partial charge on any atom is 0.314 e. The van der Waals surface area contributed by atoms with Gasteiger partial charge in [0.25, 0.3) is 0 Å². The number of nitrogens with one attached hydrogen (secondary N) is 3. The minimum atomic E-state index is -0.339. The van der Waals surface area contributed by atoms with E-state index in [1.807, 2.05) is 0 Å². The van der Waals surface area contributed by atoms with Crippen molar-refractivity contribution in [2.45, 2.75) is 0 Å². The van der Waals surface area contributed by atoms with Crippen LogP contribution < -0.4 is 21.7 Å². The molecule has 0 radical (unpaired) electrons. The van der Waals surface area contributed by atoms with Crippen LogP contribution in [0.3, 0.4) is 0 Å². The average molecular weight is 215 g/mol. The van der Waals surface area contributed by atoms with Crippen molar-refractivity contribution in [2.75, 3.05) is 52.4 Å². The summed E-state index contributed by atoms with van der Waals surface area (Å²) in [4.78, 5) is 12.7. The molecule has 1 heterocycles. The Morgan fingerprint density at radius 2 is 1.27 bits per heavy atom. The van der Waals surface area contributed by atoms with Crippen LogP contribution in [0, 0.1) is 0 Å². The van der Waals surface area contributed by atoms with Gasteiger partial charge in [-0.1, -0.05) is 0 Å². The Morgan fingerprint density at radius 3 is 1.67 bits per heavy atom. The van der Waals surface area contributed by atoms with E-state index in [0.29, 0.717) is 13.1 Å². The van der Waals surface area contributed by atoms with Gasteiger partial charge in [0.15, 0.2) is 0 Å². The lowest BCUT2D eigenvalue weighted by molar-refractivity contribution is 0.207. The van der Waals surface area contributed by atoms with E-state index in [0.717, 1.165) is 39.3 Å². The van der Waals surface area contributed by atoms with Crippen LogP contribution in [0.1, 0.15) is 0 Å². The van der Waals surface area contributed by atoms with E-state index in [1.54, 1.807) is 4.90 Å². The van der Waals surface area contributed by atoms with Gasteiger partial charge in [0, 0.05) is 52.4 Å². The predicted octanol–water partition coefficient (Wildman–Crippen LogP) is -1.85. The molecule has 0 unspecified atom stereocenters. The Morgan fingerprint density at radius 1 is 0.867 bits per heavy atom. The summed E-state index contributed by atoms with van der Waals surface area (Å²) in [6.45, 7) is 6.71. The molecule has 2 amide bonds. The first kappa shape index (κ1) is 12.2. The number of carbonyl (C=O) groups is 1. The van der Waals surface area contributed by atoms with Crippen molar-refractivity contribution in [1.29, 1.82) is 0 Å². The monoisotopic (exact) mass is 215 g/mol. The molecule has 0 aromatic heterocycles. The van der Waals surface area contributed by atoms with Crippen LogP contribution in [0.2, 0.25) is 0 Å². The van der Waals surface area contributed by atoms with Gasteiger partial charge in [-0.25, -0.2) is 4.79 Å². The molecule has 5 N–H and O–H groups in total. The van der Waals surface area contributed by atoms with Crippen molar-refractivity contribution >= 4 is 6.03 Å². The van der Waals surface area contributed by atoms with Crippen molar-refractivity contribution in [3.63, 3.8) is 0 Å². The van der Waals surface area contributed by atoms with Crippen LogP contribution in [0.15, 0.2) is 0 Å². The number of hydrogen-bond donors (Lipinski definition) is 4. The number of carbonyl (C=O) groups excluding carboxylic acids is 1. The molecule has 0 saturated carbocycles. The largest absolute Gasteiger partial charge is 0.351 e. The molecular weight excluding hydrogens is 194 g/mol. The second kappa shape index (κ2) is 7.44. The molecular formula is C9H21N5O. The van der Waals surface area contributed by atoms with Crippen molar-refractivity contribution in [2.24, 2.45) is 5.73 Å². The lowest BCUT2D eigenvalue weighted by Crippen LogP contribution is -2.45. The normalized spacial score (nSPS) is 21.5. The molecule has 1 fully saturated rings. The van der Waals surface area contributed by atoms with E-state index in [4.69, 9.17) is 5.73 Å². The first-order chi connectivity index (χ1) is 7.30. The summed E-state index contributed by atoms with van der Waals surface area (Å²) in [5, 5.41) is 9.82. The van der Waals surface area contributed by atoms with Crippen molar-refractivity contribution in [1.82, 2.24) is 20.9 Å². The zero-order valence-electron chi connectivity index (χ0n) is 9.09. The second-order valence-electron chi connectivity index (χ2n) is 3.58. The van der Waals surface area contributed by atoms with Gasteiger partial charge in [0.2, 0.25) is 0 Å². The predicted molar refractivity (Wildman–Crippen MR) is 59.8 cm³/mol. The number of nitrogens with zero attached hydrogens (tertiary/aromatic N) is 1. The number of nitrogens with two attached hydrogens (primary N) is 1. The molecule has 0 atom stereocenters. The van der Waals surface area contributed by atoms with E-state index in [9.17, 15) is 4.79 Å². The van der Waals surface area contributed by atoms with Crippen molar-refractivity contribution < 1.29 is 4.79 Å². The summed E-state index contributed by atoms with van der Waals surface area (Å²) < 4.78 is 0. The fraction of sp³-hybridized carbons (Fsp3) is 0.889. The van der Waals surface area contributed by atoms with Gasteiger partial charge >= 0.3 is 6.03 Å². The molecule has 88 valence electrons. The molecule has 6 nitrogen and oxygen atoms in total. The zero-order valence-corrected chi connectivity index (χ0v) is 9.09. The first-order valence-electron chi connectivity index (χ1n) is 5.47. The van der Waals surface area contributed by atoms with Crippen LogP contribution in [-0.2, 0) is 0 Å². The third-order valence-electron chi connectivity index (χ3n) is 2.39. The van der Waals surface area contributed by atoms with E-state index in [1.165, 1.54) is 0 Å². The minimum Gasteiger partial charge on any atom is -0.351 e. The second-order valence-corrected chi connectivity index (χ2v) is 3.58. The first-order valence-corrected chi connectivity index (χ1v) is 5.47. The van der Waals surface area contributed by atoms with Gasteiger partial charge in [0.1, 0.15) is 0 Å². The molecule has 6 heteroatoms. The van der Waals surface area contributed by atoms with Crippen LogP contribution in [0.4, 0.5) is 4.79 Å². The molecule has 0 spiro atoms. The number of urea groups is 1. The van der Waals surface area contributed by atoms with Crippen molar-refractivity contribution in [3.8, 4) is 0 Å². The Hall–Kier alpha value is -0.850. The maximum atomic E-state index is 11.1. The maximum absolute atomic E-state index is 11.1. The van der Waals surface area contributed by atoms with Crippen LogP contribution in [0.25, 0.3) is 0 Å². The molecule has 1 aliphatic rings. The van der Waals surface area contributed by atoms with Crippen LogP contribution in [-0.4, -0.2) is 63.3 Å². The highest BCUT2D eigenvalue weighted by molar-refractivity contribution is 5.71. The fourth-order valence-corrected chi connectivity index (χ4v) is 1.49. The number of rotatable bonds is 0. The molecule has 15 heavy (non-hydrogen) atoms. The summed E-state index contributed by atoms with van der Waals surface area (Å²) in [6, 6.07) is -0.339. The number of hydrogen-bond acceptors (Lipinski definition) is 4. The van der Waals surface area contributed by atoms with Gasteiger partial charge in [-0.15, -0.1) is 0 Å². The van der Waals surface area contributed by atoms with Crippen LogP contribution in [0.5, 0.6) is 0 Å². The highest BCUT2D eigenvalue weighted by Crippen LogP contribution is 1.85. The molecule has 1 aliphatic heterocycles. The van der Waals surface area contributed by atoms with E-state index in [-0.39, 0.29) is 6.03 Å². The van der Waals surface area contributed by atoms with E-state index in [2.05, 4.69) is 16.0 Å². The summed E-state index contributed by atoms with van der Waals surface area (Å²) in [5.74, 6) is 0. The lowest BCUT2D eigenvalue weighted by atomic mass is 10.4. The average Bonchev–Trinajstić information content (AvgIpc) is 2.18. The molecule has 0 bridgehead atoms. The topological polar surface area (TPSA) is 82.4 Å². The van der Waals surface area contributed by atoms with Crippen molar-refractivity contribution in [3.05, 3.63) is 0 Å². The molecule has 1 rings (SSSR count). The minimum absolute atomic E-state index is 0.339. The molecule has 0 aliphatic carbocycles. The lowest BCUT2D eigenvalue weighted by Gasteiger charge is -2.21. The van der Waals surface area contributed by atoms with Gasteiger partial charge in [0.05, 0.1) is 0 Å². The third kappa shape index (κ3) is 5.56. The third-order valence-corrected chi connectivity index (χ3v) is 2.39. The summed E-state index contributed by atoms with van der Waals surface area (Å²) in [6.07, 6.45) is 0. The van der Waals surface area contributed by atoms with Gasteiger partial charge in [-0.05, 0) is 0 Å². The Kier molecular flexibility index (Phi) is 6.06. The van der Waals surface area contributed by atoms with Gasteiger partial charge in [-0.2, -0.15) is 0 Å².